The number of carbonyl (C=O) groups excluding carboxylic acids is 2. The Kier molecular flexibility index (Phi) is 6.09. The lowest BCUT2D eigenvalue weighted by Gasteiger charge is -2.37. The minimum absolute atomic E-state index is 0.0169. The van der Waals surface area contributed by atoms with Gasteiger partial charge >= 0.3 is 0 Å². The number of amides is 2. The normalized spacial score (nSPS) is 17.3. The molecular weight excluding hydrogens is 398 g/mol. The van der Waals surface area contributed by atoms with Gasteiger partial charge in [-0.1, -0.05) is 55.3 Å². The van der Waals surface area contributed by atoms with E-state index in [9.17, 15) is 9.59 Å². The van der Waals surface area contributed by atoms with Gasteiger partial charge in [-0.2, -0.15) is 0 Å². The molecule has 0 aromatic heterocycles. The molecule has 1 saturated heterocycles. The number of hydrogen-bond acceptors (Lipinski definition) is 4. The molecule has 156 valence electrons. The lowest BCUT2D eigenvalue weighted by atomic mass is 10.1. The van der Waals surface area contributed by atoms with Crippen LogP contribution in [0.5, 0.6) is 0 Å². The van der Waals surface area contributed by atoms with E-state index in [0.29, 0.717) is 24.5 Å². The van der Waals surface area contributed by atoms with Crippen molar-refractivity contribution in [1.82, 2.24) is 4.90 Å². The predicted octanol–water partition coefficient (Wildman–Crippen LogP) is 4.18. The molecule has 2 aliphatic rings. The SMILES string of the molecule is CCCCc1ccc(N2C(=O)C(Cl)=C(N3CCN(c4ccccc4)CC3)C2=O)cc1. The minimum Gasteiger partial charge on any atom is -0.368 e. The fourth-order valence-corrected chi connectivity index (χ4v) is 4.30. The molecule has 0 unspecified atom stereocenters. The van der Waals surface area contributed by atoms with E-state index in [1.165, 1.54) is 10.5 Å². The molecular formula is C24H26ClN3O2. The zero-order valence-corrected chi connectivity index (χ0v) is 17.9. The number of imide groups is 1. The van der Waals surface area contributed by atoms with Gasteiger partial charge in [0.1, 0.15) is 10.7 Å². The molecule has 1 fully saturated rings. The third kappa shape index (κ3) is 3.94. The molecule has 0 aliphatic carbocycles. The second-order valence-electron chi connectivity index (χ2n) is 7.69. The molecule has 2 heterocycles. The van der Waals surface area contributed by atoms with E-state index in [-0.39, 0.29) is 10.9 Å². The summed E-state index contributed by atoms with van der Waals surface area (Å²) in [4.78, 5) is 31.4. The van der Waals surface area contributed by atoms with Crippen LogP contribution in [0.1, 0.15) is 25.3 Å². The maximum absolute atomic E-state index is 13.1. The summed E-state index contributed by atoms with van der Waals surface area (Å²) >= 11 is 6.37. The van der Waals surface area contributed by atoms with E-state index in [1.807, 2.05) is 47.4 Å². The van der Waals surface area contributed by atoms with Crippen LogP contribution in [-0.2, 0) is 16.0 Å². The number of rotatable bonds is 6. The highest BCUT2D eigenvalue weighted by Crippen LogP contribution is 2.32. The highest BCUT2D eigenvalue weighted by atomic mass is 35.5. The van der Waals surface area contributed by atoms with Gasteiger partial charge in [-0.15, -0.1) is 0 Å². The Bertz CT molecular complexity index is 948. The number of halogens is 1. The Morgan fingerprint density at radius 3 is 2.07 bits per heavy atom. The zero-order valence-electron chi connectivity index (χ0n) is 17.2. The van der Waals surface area contributed by atoms with Crippen LogP contribution >= 0.6 is 11.6 Å². The van der Waals surface area contributed by atoms with Crippen LogP contribution in [0, 0.1) is 0 Å². The standard InChI is InChI=1S/C24H26ClN3O2/c1-2-3-7-18-10-12-20(13-11-18)28-23(29)21(25)22(24(28)30)27-16-14-26(15-17-27)19-8-5-4-6-9-19/h4-6,8-13H,2-3,7,14-17H2,1H3. The van der Waals surface area contributed by atoms with E-state index in [2.05, 4.69) is 24.0 Å². The summed E-state index contributed by atoms with van der Waals surface area (Å²) in [5.74, 6) is -0.775. The molecule has 4 rings (SSSR count). The molecule has 0 bridgehead atoms. The van der Waals surface area contributed by atoms with E-state index < -0.39 is 5.91 Å². The van der Waals surface area contributed by atoms with Crippen molar-refractivity contribution >= 4 is 34.8 Å². The summed E-state index contributed by atoms with van der Waals surface area (Å²) in [5, 5.41) is 0.0169. The third-order valence-corrected chi connectivity index (χ3v) is 6.08. The van der Waals surface area contributed by atoms with Crippen molar-refractivity contribution in [3.8, 4) is 0 Å². The van der Waals surface area contributed by atoms with Crippen LogP contribution in [0.15, 0.2) is 65.3 Å². The monoisotopic (exact) mass is 423 g/mol. The summed E-state index contributed by atoms with van der Waals surface area (Å²) in [6.45, 7) is 4.98. The molecule has 2 aromatic carbocycles. The smallest absolute Gasteiger partial charge is 0.283 e. The summed E-state index contributed by atoms with van der Waals surface area (Å²) < 4.78 is 0. The van der Waals surface area contributed by atoms with Crippen molar-refractivity contribution in [2.75, 3.05) is 36.0 Å². The average molecular weight is 424 g/mol. The van der Waals surface area contributed by atoms with Gasteiger partial charge in [0.2, 0.25) is 0 Å². The van der Waals surface area contributed by atoms with Crippen LogP contribution in [0.25, 0.3) is 0 Å². The quantitative estimate of drug-likeness (QED) is 0.654. The van der Waals surface area contributed by atoms with Crippen molar-refractivity contribution in [3.05, 3.63) is 70.9 Å². The number of benzene rings is 2. The van der Waals surface area contributed by atoms with Crippen molar-refractivity contribution < 1.29 is 9.59 Å². The Balaban J connectivity index is 1.46. The third-order valence-electron chi connectivity index (χ3n) is 5.74. The Hall–Kier alpha value is -2.79. The molecule has 2 amide bonds. The number of nitrogens with zero attached hydrogens (tertiary/aromatic N) is 3. The van der Waals surface area contributed by atoms with Gasteiger partial charge in [-0.3, -0.25) is 9.59 Å². The molecule has 0 saturated carbocycles. The molecule has 30 heavy (non-hydrogen) atoms. The topological polar surface area (TPSA) is 43.9 Å². The zero-order chi connectivity index (χ0) is 21.1. The minimum atomic E-state index is -0.441. The Morgan fingerprint density at radius 2 is 1.43 bits per heavy atom. The molecule has 6 heteroatoms. The maximum atomic E-state index is 13.1. The summed E-state index contributed by atoms with van der Waals surface area (Å²) in [7, 11) is 0. The molecule has 0 radical (unpaired) electrons. The molecule has 0 N–H and O–H groups in total. The summed E-state index contributed by atoms with van der Waals surface area (Å²) in [6.07, 6.45) is 3.24. The molecule has 0 spiro atoms. The van der Waals surface area contributed by atoms with Gasteiger partial charge in [-0.05, 0) is 42.7 Å². The first kappa shape index (κ1) is 20.5. The van der Waals surface area contributed by atoms with Gasteiger partial charge in [0.05, 0.1) is 5.69 Å². The lowest BCUT2D eigenvalue weighted by Crippen LogP contribution is -2.47. The average Bonchev–Trinajstić information content (AvgIpc) is 3.01. The van der Waals surface area contributed by atoms with Crippen LogP contribution in [0.4, 0.5) is 11.4 Å². The predicted molar refractivity (Wildman–Crippen MR) is 121 cm³/mol. The maximum Gasteiger partial charge on any atom is 0.283 e. The highest BCUT2D eigenvalue weighted by Gasteiger charge is 2.41. The Morgan fingerprint density at radius 1 is 0.800 bits per heavy atom. The summed E-state index contributed by atoms with van der Waals surface area (Å²) in [5.41, 5.74) is 3.26. The fraction of sp³-hybridized carbons (Fsp3) is 0.333. The van der Waals surface area contributed by atoms with Gasteiger partial charge in [0.25, 0.3) is 11.8 Å². The molecule has 2 aliphatic heterocycles. The van der Waals surface area contributed by atoms with Crippen molar-refractivity contribution in [2.24, 2.45) is 0 Å². The number of aryl methyl sites for hydroxylation is 1. The van der Waals surface area contributed by atoms with E-state index in [4.69, 9.17) is 11.6 Å². The van der Waals surface area contributed by atoms with E-state index in [0.717, 1.165) is 38.0 Å². The van der Waals surface area contributed by atoms with Crippen molar-refractivity contribution in [1.29, 1.82) is 0 Å². The number of piperazine rings is 1. The van der Waals surface area contributed by atoms with Crippen molar-refractivity contribution in [3.63, 3.8) is 0 Å². The fourth-order valence-electron chi connectivity index (χ4n) is 4.02. The molecule has 5 nitrogen and oxygen atoms in total. The number of carbonyl (C=O) groups is 2. The Labute approximate surface area is 182 Å². The number of unbranched alkanes of at least 4 members (excludes halogenated alkanes) is 1. The first-order valence-electron chi connectivity index (χ1n) is 10.5. The van der Waals surface area contributed by atoms with Gasteiger partial charge in [-0.25, -0.2) is 4.90 Å². The number of hydrogen-bond donors (Lipinski definition) is 0. The van der Waals surface area contributed by atoms with Crippen LogP contribution in [0.2, 0.25) is 0 Å². The van der Waals surface area contributed by atoms with Crippen LogP contribution in [-0.4, -0.2) is 42.9 Å². The van der Waals surface area contributed by atoms with Gasteiger partial charge in [0.15, 0.2) is 0 Å². The number of anilines is 2. The second kappa shape index (κ2) is 8.92. The van der Waals surface area contributed by atoms with E-state index >= 15 is 0 Å². The van der Waals surface area contributed by atoms with E-state index in [1.54, 1.807) is 0 Å². The molecule has 0 atom stereocenters. The first-order valence-corrected chi connectivity index (χ1v) is 10.9. The molecule has 2 aromatic rings. The van der Waals surface area contributed by atoms with Gasteiger partial charge < -0.3 is 9.80 Å². The van der Waals surface area contributed by atoms with Crippen LogP contribution < -0.4 is 9.80 Å². The first-order chi connectivity index (χ1) is 14.6. The highest BCUT2D eigenvalue weighted by molar-refractivity contribution is 6.52. The van der Waals surface area contributed by atoms with Crippen LogP contribution in [0.3, 0.4) is 0 Å². The largest absolute Gasteiger partial charge is 0.368 e. The van der Waals surface area contributed by atoms with Gasteiger partial charge in [0, 0.05) is 31.9 Å². The lowest BCUT2D eigenvalue weighted by molar-refractivity contribution is -0.121. The second-order valence-corrected chi connectivity index (χ2v) is 8.07. The number of para-hydroxylation sites is 1. The summed E-state index contributed by atoms with van der Waals surface area (Å²) in [6, 6.07) is 17.8. The van der Waals surface area contributed by atoms with Crippen molar-refractivity contribution in [2.45, 2.75) is 26.2 Å².